The van der Waals surface area contributed by atoms with Gasteiger partial charge >= 0.3 is 5.69 Å². The molecule has 0 spiro atoms. The van der Waals surface area contributed by atoms with Crippen LogP contribution in [0.15, 0.2) is 107 Å². The molecule has 228 valence electrons. The third-order valence-corrected chi connectivity index (χ3v) is 8.51. The van der Waals surface area contributed by atoms with Gasteiger partial charge in [-0.25, -0.2) is 9.36 Å². The van der Waals surface area contributed by atoms with Gasteiger partial charge in [0.25, 0.3) is 11.5 Å². The Morgan fingerprint density at radius 3 is 2.20 bits per heavy atom. The fourth-order valence-electron chi connectivity index (χ4n) is 5.59. The number of anilines is 1. The molecule has 2 heterocycles. The molecule has 4 aromatic carbocycles. The standard InChI is InChI=1S/C35H32ClN5O4/c1-24-11-14-28(15-12-24)41-34(44)29-16-13-25(33(43)37-22-26-7-5-6-10-30(26)36)21-31(29)40(35(41)45)23-32(42)39-19-17-38(18-20-39)27-8-3-2-4-9-27/h2-16,21H,17-20,22-23H2,1H3,(H,37,43). The molecule has 1 aromatic heterocycles. The summed E-state index contributed by atoms with van der Waals surface area (Å²) in [6, 6.07) is 28.9. The highest BCUT2D eigenvalue weighted by molar-refractivity contribution is 6.31. The summed E-state index contributed by atoms with van der Waals surface area (Å²) in [6.45, 7) is 4.14. The molecule has 6 rings (SSSR count). The third-order valence-electron chi connectivity index (χ3n) is 8.14. The van der Waals surface area contributed by atoms with E-state index in [1.807, 2.05) is 67.6 Å². The maximum Gasteiger partial charge on any atom is 0.336 e. The van der Waals surface area contributed by atoms with Crippen LogP contribution in [0.4, 0.5) is 5.69 Å². The molecule has 1 N–H and O–H groups in total. The summed E-state index contributed by atoms with van der Waals surface area (Å²) in [7, 11) is 0. The number of hydrogen-bond acceptors (Lipinski definition) is 5. The van der Waals surface area contributed by atoms with Crippen molar-refractivity contribution in [3.05, 3.63) is 140 Å². The van der Waals surface area contributed by atoms with Gasteiger partial charge in [0.05, 0.1) is 16.6 Å². The van der Waals surface area contributed by atoms with Crippen LogP contribution in [0.5, 0.6) is 0 Å². The number of hydrogen-bond donors (Lipinski definition) is 1. The summed E-state index contributed by atoms with van der Waals surface area (Å²) in [6.07, 6.45) is 0. The zero-order valence-corrected chi connectivity index (χ0v) is 25.5. The number of halogens is 1. The number of benzene rings is 4. The molecule has 0 saturated carbocycles. The first-order valence-corrected chi connectivity index (χ1v) is 15.1. The van der Waals surface area contributed by atoms with Gasteiger partial charge in [-0.05, 0) is 61.0 Å². The molecule has 5 aromatic rings. The molecule has 1 aliphatic rings. The van der Waals surface area contributed by atoms with Gasteiger partial charge in [0, 0.05) is 49.0 Å². The molecular formula is C35H32ClN5O4. The number of rotatable bonds is 7. The van der Waals surface area contributed by atoms with Gasteiger partial charge in [0.2, 0.25) is 5.91 Å². The SMILES string of the molecule is Cc1ccc(-n2c(=O)c3ccc(C(=O)NCc4ccccc4Cl)cc3n(CC(=O)N3CCN(c4ccccc4)CC3)c2=O)cc1. The maximum atomic E-state index is 14.0. The average Bonchev–Trinajstić information content (AvgIpc) is 3.07. The number of nitrogens with zero attached hydrogens (tertiary/aromatic N) is 4. The van der Waals surface area contributed by atoms with Gasteiger partial charge < -0.3 is 15.1 Å². The van der Waals surface area contributed by atoms with Crippen LogP contribution in [0.1, 0.15) is 21.5 Å². The molecule has 0 bridgehead atoms. The van der Waals surface area contributed by atoms with Crippen LogP contribution >= 0.6 is 11.6 Å². The molecule has 9 nitrogen and oxygen atoms in total. The predicted molar refractivity (Wildman–Crippen MR) is 176 cm³/mol. The van der Waals surface area contributed by atoms with Crippen LogP contribution in [-0.2, 0) is 17.9 Å². The highest BCUT2D eigenvalue weighted by Gasteiger charge is 2.24. The Balaban J connectivity index is 1.34. The van der Waals surface area contributed by atoms with E-state index in [1.165, 1.54) is 16.7 Å². The minimum absolute atomic E-state index is 0.200. The van der Waals surface area contributed by atoms with Crippen LogP contribution in [0.25, 0.3) is 16.6 Å². The van der Waals surface area contributed by atoms with Crippen molar-refractivity contribution in [1.82, 2.24) is 19.4 Å². The molecule has 0 atom stereocenters. The summed E-state index contributed by atoms with van der Waals surface area (Å²) >= 11 is 6.25. The molecule has 0 unspecified atom stereocenters. The molecule has 0 aliphatic carbocycles. The monoisotopic (exact) mass is 621 g/mol. The Labute approximate surface area is 264 Å². The van der Waals surface area contributed by atoms with Crippen LogP contribution in [0.2, 0.25) is 5.02 Å². The second-order valence-electron chi connectivity index (χ2n) is 11.1. The van der Waals surface area contributed by atoms with Crippen molar-refractivity contribution in [3.63, 3.8) is 0 Å². The Kier molecular flexibility index (Phi) is 8.53. The highest BCUT2D eigenvalue weighted by atomic mass is 35.5. The molecule has 1 saturated heterocycles. The van der Waals surface area contributed by atoms with E-state index in [2.05, 4.69) is 10.2 Å². The lowest BCUT2D eigenvalue weighted by Gasteiger charge is -2.36. The third kappa shape index (κ3) is 6.25. The van der Waals surface area contributed by atoms with E-state index in [4.69, 9.17) is 11.6 Å². The van der Waals surface area contributed by atoms with Crippen molar-refractivity contribution in [2.24, 2.45) is 0 Å². The number of carbonyl (C=O) groups excluding carboxylic acids is 2. The molecule has 0 radical (unpaired) electrons. The number of fused-ring (bicyclic) bond motifs is 1. The van der Waals surface area contributed by atoms with Gasteiger partial charge in [0.15, 0.2) is 0 Å². The summed E-state index contributed by atoms with van der Waals surface area (Å²) in [5.41, 5.74) is 2.51. The number of piperazine rings is 1. The number of aromatic nitrogens is 2. The van der Waals surface area contributed by atoms with E-state index in [0.29, 0.717) is 36.9 Å². The molecule has 1 fully saturated rings. The summed E-state index contributed by atoms with van der Waals surface area (Å²) in [5.74, 6) is -0.643. The Hall–Kier alpha value is -5.15. The van der Waals surface area contributed by atoms with E-state index < -0.39 is 17.2 Å². The van der Waals surface area contributed by atoms with Gasteiger partial charge in [0.1, 0.15) is 6.54 Å². The number of para-hydroxylation sites is 1. The average molecular weight is 622 g/mol. The zero-order valence-electron chi connectivity index (χ0n) is 24.8. The van der Waals surface area contributed by atoms with E-state index in [-0.39, 0.29) is 35.5 Å². The Morgan fingerprint density at radius 2 is 1.49 bits per heavy atom. The predicted octanol–water partition coefficient (Wildman–Crippen LogP) is 4.39. The Bertz CT molecular complexity index is 2000. The second kappa shape index (κ2) is 12.8. The largest absolute Gasteiger partial charge is 0.368 e. The number of carbonyl (C=O) groups is 2. The van der Waals surface area contributed by atoms with E-state index in [0.717, 1.165) is 21.4 Å². The van der Waals surface area contributed by atoms with Crippen molar-refractivity contribution in [2.45, 2.75) is 20.0 Å². The first kappa shape index (κ1) is 29.9. The van der Waals surface area contributed by atoms with Crippen molar-refractivity contribution < 1.29 is 9.59 Å². The summed E-state index contributed by atoms with van der Waals surface area (Å²) in [4.78, 5) is 58.5. The minimum atomic E-state index is -0.652. The number of amides is 2. The fourth-order valence-corrected chi connectivity index (χ4v) is 5.79. The van der Waals surface area contributed by atoms with E-state index in [1.54, 1.807) is 29.2 Å². The lowest BCUT2D eigenvalue weighted by molar-refractivity contribution is -0.132. The van der Waals surface area contributed by atoms with Crippen molar-refractivity contribution in [2.75, 3.05) is 31.1 Å². The molecule has 10 heteroatoms. The number of nitrogens with one attached hydrogen (secondary N) is 1. The molecule has 45 heavy (non-hydrogen) atoms. The summed E-state index contributed by atoms with van der Waals surface area (Å²) in [5, 5.41) is 3.60. The zero-order chi connectivity index (χ0) is 31.5. The first-order chi connectivity index (χ1) is 21.8. The van der Waals surface area contributed by atoms with E-state index >= 15 is 0 Å². The van der Waals surface area contributed by atoms with Gasteiger partial charge in [-0.15, -0.1) is 0 Å². The first-order valence-electron chi connectivity index (χ1n) is 14.8. The quantitative estimate of drug-likeness (QED) is 0.291. The van der Waals surface area contributed by atoms with Crippen molar-refractivity contribution >= 4 is 40.0 Å². The van der Waals surface area contributed by atoms with Gasteiger partial charge in [-0.1, -0.05) is 65.7 Å². The maximum absolute atomic E-state index is 14.0. The van der Waals surface area contributed by atoms with E-state index in [9.17, 15) is 19.2 Å². The van der Waals surface area contributed by atoms with Gasteiger partial charge in [-0.2, -0.15) is 0 Å². The number of aryl methyl sites for hydroxylation is 1. The lowest BCUT2D eigenvalue weighted by Crippen LogP contribution is -2.50. The molecule has 1 aliphatic heterocycles. The van der Waals surface area contributed by atoms with Crippen LogP contribution in [0, 0.1) is 6.92 Å². The van der Waals surface area contributed by atoms with Crippen LogP contribution in [-0.4, -0.2) is 52.0 Å². The van der Waals surface area contributed by atoms with Crippen LogP contribution < -0.4 is 21.5 Å². The van der Waals surface area contributed by atoms with Crippen molar-refractivity contribution in [1.29, 1.82) is 0 Å². The lowest BCUT2D eigenvalue weighted by atomic mass is 10.1. The fraction of sp³-hybridized carbons (Fsp3) is 0.200. The highest BCUT2D eigenvalue weighted by Crippen LogP contribution is 2.18. The van der Waals surface area contributed by atoms with Crippen LogP contribution in [0.3, 0.4) is 0 Å². The second-order valence-corrected chi connectivity index (χ2v) is 11.5. The molecular weight excluding hydrogens is 590 g/mol. The summed E-state index contributed by atoms with van der Waals surface area (Å²) < 4.78 is 2.38. The smallest absolute Gasteiger partial charge is 0.336 e. The Morgan fingerprint density at radius 1 is 0.800 bits per heavy atom. The van der Waals surface area contributed by atoms with Gasteiger partial charge in [-0.3, -0.25) is 19.0 Å². The molecule has 2 amide bonds. The topological polar surface area (TPSA) is 96.6 Å². The normalized spacial score (nSPS) is 13.2. The van der Waals surface area contributed by atoms with Crippen molar-refractivity contribution in [3.8, 4) is 5.69 Å². The minimum Gasteiger partial charge on any atom is -0.368 e.